The van der Waals surface area contributed by atoms with Gasteiger partial charge in [-0.25, -0.2) is 18.1 Å². The van der Waals surface area contributed by atoms with Gasteiger partial charge in [-0.05, 0) is 0 Å². The van der Waals surface area contributed by atoms with Crippen molar-refractivity contribution in [2.75, 3.05) is 0 Å². The third kappa shape index (κ3) is 2.52. The van der Waals surface area contributed by atoms with Crippen LogP contribution in [0, 0.1) is 0 Å². The van der Waals surface area contributed by atoms with Crippen LogP contribution in [0.3, 0.4) is 0 Å². The van der Waals surface area contributed by atoms with Crippen molar-refractivity contribution in [2.24, 2.45) is 0 Å². The fourth-order valence-corrected chi connectivity index (χ4v) is 2.38. The Labute approximate surface area is 97.1 Å². The van der Waals surface area contributed by atoms with Gasteiger partial charge in [0, 0.05) is 18.0 Å². The Morgan fingerprint density at radius 2 is 2.29 bits per heavy atom. The minimum atomic E-state index is -3.72. The number of hydrogen-bond donors (Lipinski definition) is 4. The average Bonchev–Trinajstić information content (AvgIpc) is 2.97. The molecule has 0 spiro atoms. The molecule has 0 saturated carbocycles. The number of aromatic amines is 2. The van der Waals surface area contributed by atoms with E-state index in [1.54, 1.807) is 6.20 Å². The summed E-state index contributed by atoms with van der Waals surface area (Å²) in [6.45, 7) is -0.354. The molecule has 2 aromatic heterocycles. The van der Waals surface area contributed by atoms with Crippen molar-refractivity contribution in [3.63, 3.8) is 0 Å². The van der Waals surface area contributed by atoms with Gasteiger partial charge in [-0.15, -0.1) is 0 Å². The number of sulfonamides is 1. The quantitative estimate of drug-likeness (QED) is 0.553. The molecule has 92 valence electrons. The molecule has 0 bridgehead atoms. The third-order valence-electron chi connectivity index (χ3n) is 2.10. The van der Waals surface area contributed by atoms with Crippen LogP contribution in [-0.2, 0) is 23.2 Å². The Bertz CT molecular complexity index is 574. The van der Waals surface area contributed by atoms with Gasteiger partial charge in [0.05, 0.1) is 19.3 Å². The summed E-state index contributed by atoms with van der Waals surface area (Å²) < 4.78 is 26.0. The first-order chi connectivity index (χ1) is 8.13. The first-order valence-electron chi connectivity index (χ1n) is 4.74. The standard InChI is InChI=1S/C8H11N5O3S/c14-5-6-3-11-13-8(6)17(15,16)12-4-7-9-1-2-10-7/h1-3,12,14H,4-5H2,(H,9,10)(H,11,13). The molecule has 17 heavy (non-hydrogen) atoms. The summed E-state index contributed by atoms with van der Waals surface area (Å²) in [6.07, 6.45) is 4.39. The van der Waals surface area contributed by atoms with E-state index in [0.717, 1.165) is 0 Å². The van der Waals surface area contributed by atoms with Crippen molar-refractivity contribution in [1.29, 1.82) is 0 Å². The number of H-pyrrole nitrogens is 2. The Morgan fingerprint density at radius 3 is 2.94 bits per heavy atom. The van der Waals surface area contributed by atoms with Crippen LogP contribution < -0.4 is 4.72 Å². The van der Waals surface area contributed by atoms with Crippen molar-refractivity contribution >= 4 is 10.0 Å². The largest absolute Gasteiger partial charge is 0.392 e. The van der Waals surface area contributed by atoms with Crippen molar-refractivity contribution < 1.29 is 13.5 Å². The maximum absolute atomic E-state index is 11.8. The predicted molar refractivity (Wildman–Crippen MR) is 57.1 cm³/mol. The molecule has 0 aliphatic carbocycles. The third-order valence-corrected chi connectivity index (χ3v) is 3.52. The van der Waals surface area contributed by atoms with E-state index in [2.05, 4.69) is 24.9 Å². The number of nitrogens with one attached hydrogen (secondary N) is 3. The maximum atomic E-state index is 11.8. The van der Waals surface area contributed by atoms with Crippen LogP contribution in [0.4, 0.5) is 0 Å². The highest BCUT2D eigenvalue weighted by Gasteiger charge is 2.20. The first kappa shape index (κ1) is 11.8. The predicted octanol–water partition coefficient (Wildman–Crippen LogP) is -0.896. The van der Waals surface area contributed by atoms with Crippen LogP contribution in [0.15, 0.2) is 23.6 Å². The summed E-state index contributed by atoms with van der Waals surface area (Å²) in [6, 6.07) is 0. The number of aliphatic hydroxyl groups is 1. The number of nitrogens with zero attached hydrogens (tertiary/aromatic N) is 2. The van der Waals surface area contributed by atoms with Gasteiger partial charge >= 0.3 is 0 Å². The van der Waals surface area contributed by atoms with E-state index < -0.39 is 16.6 Å². The van der Waals surface area contributed by atoms with Crippen LogP contribution in [-0.4, -0.2) is 33.7 Å². The highest BCUT2D eigenvalue weighted by molar-refractivity contribution is 7.89. The molecule has 0 aliphatic heterocycles. The van der Waals surface area contributed by atoms with Gasteiger partial charge < -0.3 is 10.1 Å². The Balaban J connectivity index is 2.14. The Hall–Kier alpha value is -1.71. The summed E-state index contributed by atoms with van der Waals surface area (Å²) >= 11 is 0. The molecule has 0 atom stereocenters. The molecule has 9 heteroatoms. The lowest BCUT2D eigenvalue weighted by atomic mass is 10.4. The van der Waals surface area contributed by atoms with E-state index in [4.69, 9.17) is 5.11 Å². The molecule has 0 unspecified atom stereocenters. The molecule has 2 heterocycles. The molecule has 0 saturated heterocycles. The highest BCUT2D eigenvalue weighted by Crippen LogP contribution is 2.11. The van der Waals surface area contributed by atoms with Gasteiger partial charge in [0.1, 0.15) is 5.82 Å². The molecule has 4 N–H and O–H groups in total. The molecule has 0 aromatic carbocycles. The molecule has 0 amide bonds. The van der Waals surface area contributed by atoms with Crippen LogP contribution in [0.1, 0.15) is 11.4 Å². The van der Waals surface area contributed by atoms with Crippen LogP contribution >= 0.6 is 0 Å². The van der Waals surface area contributed by atoms with E-state index >= 15 is 0 Å². The lowest BCUT2D eigenvalue weighted by Crippen LogP contribution is -2.25. The normalized spacial score (nSPS) is 11.8. The SMILES string of the molecule is O=S(=O)(NCc1ncc[nH]1)c1[nH]ncc1CO. The van der Waals surface area contributed by atoms with Gasteiger partial charge in [0.25, 0.3) is 10.0 Å². The second-order valence-corrected chi connectivity index (χ2v) is 4.95. The summed E-state index contributed by atoms with van der Waals surface area (Å²) in [5.74, 6) is 0.499. The number of imidazole rings is 1. The summed E-state index contributed by atoms with van der Waals surface area (Å²) in [5.41, 5.74) is 0.219. The number of aliphatic hydroxyl groups excluding tert-OH is 1. The lowest BCUT2D eigenvalue weighted by Gasteiger charge is -2.04. The number of aromatic nitrogens is 4. The molecular weight excluding hydrogens is 246 g/mol. The Morgan fingerprint density at radius 1 is 1.47 bits per heavy atom. The highest BCUT2D eigenvalue weighted by atomic mass is 32.2. The molecular formula is C8H11N5O3S. The minimum Gasteiger partial charge on any atom is -0.392 e. The second-order valence-electron chi connectivity index (χ2n) is 3.24. The fraction of sp³-hybridized carbons (Fsp3) is 0.250. The van der Waals surface area contributed by atoms with Crippen molar-refractivity contribution in [1.82, 2.24) is 24.9 Å². The van der Waals surface area contributed by atoms with Crippen LogP contribution in [0.2, 0.25) is 0 Å². The lowest BCUT2D eigenvalue weighted by molar-refractivity contribution is 0.278. The monoisotopic (exact) mass is 257 g/mol. The smallest absolute Gasteiger partial charge is 0.258 e. The van der Waals surface area contributed by atoms with Crippen LogP contribution in [0.5, 0.6) is 0 Å². The summed E-state index contributed by atoms with van der Waals surface area (Å²) in [5, 5.41) is 14.7. The van der Waals surface area contributed by atoms with E-state index in [-0.39, 0.29) is 17.1 Å². The zero-order valence-corrected chi connectivity index (χ0v) is 9.53. The molecule has 2 aromatic rings. The molecule has 2 rings (SSSR count). The van der Waals surface area contributed by atoms with E-state index in [9.17, 15) is 8.42 Å². The molecule has 8 nitrogen and oxygen atoms in total. The van der Waals surface area contributed by atoms with Gasteiger partial charge in [-0.2, -0.15) is 5.10 Å². The van der Waals surface area contributed by atoms with Gasteiger partial charge in [0.2, 0.25) is 0 Å². The van der Waals surface area contributed by atoms with E-state index in [0.29, 0.717) is 5.82 Å². The zero-order chi connectivity index (χ0) is 12.3. The fourth-order valence-electron chi connectivity index (χ4n) is 1.27. The van der Waals surface area contributed by atoms with Gasteiger partial charge in [0.15, 0.2) is 5.03 Å². The summed E-state index contributed by atoms with van der Waals surface area (Å²) in [7, 11) is -3.72. The topological polar surface area (TPSA) is 124 Å². The molecule has 0 aliphatic rings. The summed E-state index contributed by atoms with van der Waals surface area (Å²) in [4.78, 5) is 6.66. The zero-order valence-electron chi connectivity index (χ0n) is 8.71. The second kappa shape index (κ2) is 4.65. The number of hydrogen-bond acceptors (Lipinski definition) is 5. The van der Waals surface area contributed by atoms with E-state index in [1.807, 2.05) is 0 Å². The van der Waals surface area contributed by atoms with Crippen LogP contribution in [0.25, 0.3) is 0 Å². The van der Waals surface area contributed by atoms with E-state index in [1.165, 1.54) is 12.4 Å². The maximum Gasteiger partial charge on any atom is 0.258 e. The minimum absolute atomic E-state index is 0.0409. The van der Waals surface area contributed by atoms with Gasteiger partial charge in [-0.1, -0.05) is 0 Å². The first-order valence-corrected chi connectivity index (χ1v) is 6.23. The number of rotatable bonds is 5. The van der Waals surface area contributed by atoms with Gasteiger partial charge in [-0.3, -0.25) is 5.10 Å². The molecule has 0 radical (unpaired) electrons. The molecule has 0 fully saturated rings. The van der Waals surface area contributed by atoms with Crippen molar-refractivity contribution in [3.8, 4) is 0 Å². The Kier molecular flexibility index (Phi) is 3.22. The van der Waals surface area contributed by atoms with Crippen molar-refractivity contribution in [3.05, 3.63) is 30.0 Å². The average molecular weight is 257 g/mol. The van der Waals surface area contributed by atoms with Crippen molar-refractivity contribution in [2.45, 2.75) is 18.2 Å².